The van der Waals surface area contributed by atoms with Crippen LogP contribution in [0.5, 0.6) is 0 Å². The van der Waals surface area contributed by atoms with E-state index in [0.29, 0.717) is 15.1 Å². The van der Waals surface area contributed by atoms with E-state index in [4.69, 9.17) is 16.7 Å². The van der Waals surface area contributed by atoms with Gasteiger partial charge in [0, 0.05) is 15.1 Å². The van der Waals surface area contributed by atoms with E-state index in [1.165, 1.54) is 6.07 Å². The van der Waals surface area contributed by atoms with E-state index < -0.39 is 11.9 Å². The third-order valence-corrected chi connectivity index (χ3v) is 3.99. The molecule has 2 rings (SSSR count). The fraction of sp³-hybridized carbons (Fsp3) is 0.0667. The van der Waals surface area contributed by atoms with Crippen molar-refractivity contribution >= 4 is 45.1 Å². The maximum Gasteiger partial charge on any atom is 0.337 e. The van der Waals surface area contributed by atoms with Crippen molar-refractivity contribution in [1.82, 2.24) is 0 Å². The minimum atomic E-state index is -1.11. The third kappa shape index (κ3) is 3.43. The fourth-order valence-electron chi connectivity index (χ4n) is 1.80. The molecule has 0 saturated carbocycles. The van der Waals surface area contributed by atoms with Crippen LogP contribution < -0.4 is 5.32 Å². The Morgan fingerprint density at radius 1 is 1.24 bits per heavy atom. The number of carbonyl (C=O) groups excluding carboxylic acids is 1. The van der Waals surface area contributed by atoms with Crippen LogP contribution in [-0.4, -0.2) is 17.0 Å². The summed E-state index contributed by atoms with van der Waals surface area (Å²) in [6, 6.07) is 9.54. The van der Waals surface area contributed by atoms with Gasteiger partial charge in [-0.3, -0.25) is 4.79 Å². The Morgan fingerprint density at radius 3 is 2.57 bits per heavy atom. The minimum Gasteiger partial charge on any atom is -0.478 e. The zero-order valence-corrected chi connectivity index (χ0v) is 13.3. The highest BCUT2D eigenvalue weighted by Crippen LogP contribution is 2.27. The summed E-state index contributed by atoms with van der Waals surface area (Å²) < 4.78 is 0.501. The number of aryl methyl sites for hydroxylation is 1. The third-order valence-electron chi connectivity index (χ3n) is 2.90. The Kier molecular flexibility index (Phi) is 4.65. The topological polar surface area (TPSA) is 66.4 Å². The molecule has 0 saturated heterocycles. The molecular weight excluding hydrogens is 358 g/mol. The molecule has 0 bridgehead atoms. The van der Waals surface area contributed by atoms with Crippen LogP contribution in [0.1, 0.15) is 26.3 Å². The molecule has 2 aromatic rings. The Hall–Kier alpha value is -1.85. The predicted molar refractivity (Wildman–Crippen MR) is 85.2 cm³/mol. The Labute approximate surface area is 134 Å². The lowest BCUT2D eigenvalue weighted by molar-refractivity contribution is 0.0698. The first-order valence-corrected chi connectivity index (χ1v) is 7.16. The number of rotatable bonds is 3. The van der Waals surface area contributed by atoms with Crippen LogP contribution >= 0.6 is 27.5 Å². The lowest BCUT2D eigenvalue weighted by Crippen LogP contribution is -2.15. The molecule has 0 heterocycles. The first-order valence-electron chi connectivity index (χ1n) is 5.99. The lowest BCUT2D eigenvalue weighted by Gasteiger charge is -2.11. The first kappa shape index (κ1) is 15.5. The summed E-state index contributed by atoms with van der Waals surface area (Å²) in [6.07, 6.45) is 0. The molecule has 1 amide bonds. The quantitative estimate of drug-likeness (QED) is 0.846. The molecule has 0 spiro atoms. The number of halogens is 2. The second-order valence-electron chi connectivity index (χ2n) is 4.39. The van der Waals surface area contributed by atoms with Crippen molar-refractivity contribution in [3.8, 4) is 0 Å². The highest BCUT2D eigenvalue weighted by molar-refractivity contribution is 9.10. The second kappa shape index (κ2) is 6.28. The van der Waals surface area contributed by atoms with Gasteiger partial charge in [0.25, 0.3) is 5.91 Å². The maximum atomic E-state index is 12.2. The lowest BCUT2D eigenvalue weighted by atomic mass is 10.1. The number of para-hydroxylation sites is 1. The van der Waals surface area contributed by atoms with E-state index in [-0.39, 0.29) is 11.3 Å². The summed E-state index contributed by atoms with van der Waals surface area (Å²) in [7, 11) is 0. The number of benzene rings is 2. The van der Waals surface area contributed by atoms with E-state index in [9.17, 15) is 9.59 Å². The van der Waals surface area contributed by atoms with Crippen molar-refractivity contribution < 1.29 is 14.7 Å². The van der Waals surface area contributed by atoms with E-state index in [1.54, 1.807) is 37.3 Å². The molecule has 2 N–H and O–H groups in total. The zero-order chi connectivity index (χ0) is 15.6. The number of hydrogen-bond acceptors (Lipinski definition) is 2. The minimum absolute atomic E-state index is 0.0170. The molecule has 0 atom stereocenters. The van der Waals surface area contributed by atoms with Gasteiger partial charge < -0.3 is 10.4 Å². The zero-order valence-electron chi connectivity index (χ0n) is 11.0. The monoisotopic (exact) mass is 367 g/mol. The number of nitrogens with one attached hydrogen (secondary N) is 1. The average molecular weight is 369 g/mol. The molecule has 21 heavy (non-hydrogen) atoms. The van der Waals surface area contributed by atoms with Crippen LogP contribution in [0.15, 0.2) is 40.9 Å². The van der Waals surface area contributed by atoms with Gasteiger partial charge in [-0.1, -0.05) is 17.7 Å². The summed E-state index contributed by atoms with van der Waals surface area (Å²) in [5.74, 6) is -1.51. The van der Waals surface area contributed by atoms with E-state index in [2.05, 4.69) is 21.2 Å². The smallest absolute Gasteiger partial charge is 0.337 e. The van der Waals surface area contributed by atoms with Crippen molar-refractivity contribution in [3.63, 3.8) is 0 Å². The maximum absolute atomic E-state index is 12.2. The number of amides is 1. The van der Waals surface area contributed by atoms with Crippen LogP contribution in [0.25, 0.3) is 0 Å². The summed E-state index contributed by atoms with van der Waals surface area (Å²) in [4.78, 5) is 23.4. The highest BCUT2D eigenvalue weighted by atomic mass is 79.9. The van der Waals surface area contributed by atoms with Crippen molar-refractivity contribution in [2.75, 3.05) is 5.32 Å². The summed E-state index contributed by atoms with van der Waals surface area (Å²) >= 11 is 9.16. The molecule has 0 aliphatic heterocycles. The second-order valence-corrected chi connectivity index (χ2v) is 5.65. The van der Waals surface area contributed by atoms with E-state index >= 15 is 0 Å². The highest BCUT2D eigenvalue weighted by Gasteiger charge is 2.16. The number of aromatic carboxylic acids is 1. The van der Waals surface area contributed by atoms with Gasteiger partial charge in [0.2, 0.25) is 0 Å². The van der Waals surface area contributed by atoms with Crippen molar-refractivity contribution in [2.24, 2.45) is 0 Å². The SMILES string of the molecule is Cc1cc(C(=O)Nc2c(Br)cccc2C(=O)O)ccc1Cl. The van der Waals surface area contributed by atoms with Gasteiger partial charge >= 0.3 is 5.97 Å². The molecule has 0 fully saturated rings. The summed E-state index contributed by atoms with van der Waals surface area (Å²) in [5, 5.41) is 12.3. The molecule has 0 aliphatic rings. The molecule has 0 aromatic heterocycles. The van der Waals surface area contributed by atoms with E-state index in [0.717, 1.165) is 5.56 Å². The Morgan fingerprint density at radius 2 is 1.95 bits per heavy atom. The van der Waals surface area contributed by atoms with E-state index in [1.807, 2.05) is 0 Å². The van der Waals surface area contributed by atoms with Gasteiger partial charge in [-0.15, -0.1) is 0 Å². The standard InChI is InChI=1S/C15H11BrClNO3/c1-8-7-9(5-6-12(8)17)14(19)18-13-10(15(20)21)3-2-4-11(13)16/h2-7H,1H3,(H,18,19)(H,20,21). The van der Waals surface area contributed by atoms with Gasteiger partial charge in [-0.05, 0) is 58.7 Å². The van der Waals surface area contributed by atoms with Crippen molar-refractivity contribution in [1.29, 1.82) is 0 Å². The van der Waals surface area contributed by atoms with Crippen LogP contribution in [0, 0.1) is 6.92 Å². The molecule has 6 heteroatoms. The van der Waals surface area contributed by atoms with Gasteiger partial charge in [0.15, 0.2) is 0 Å². The number of anilines is 1. The molecule has 0 radical (unpaired) electrons. The van der Waals surface area contributed by atoms with Crippen LogP contribution in [0.4, 0.5) is 5.69 Å². The normalized spacial score (nSPS) is 10.2. The van der Waals surface area contributed by atoms with Crippen LogP contribution in [0.3, 0.4) is 0 Å². The van der Waals surface area contributed by atoms with Gasteiger partial charge in [-0.25, -0.2) is 4.79 Å². The van der Waals surface area contributed by atoms with Gasteiger partial charge in [0.05, 0.1) is 11.3 Å². The van der Waals surface area contributed by atoms with Gasteiger partial charge in [-0.2, -0.15) is 0 Å². The Balaban J connectivity index is 2.36. The van der Waals surface area contributed by atoms with Crippen molar-refractivity contribution in [2.45, 2.75) is 6.92 Å². The van der Waals surface area contributed by atoms with Crippen molar-refractivity contribution in [3.05, 3.63) is 62.6 Å². The number of carboxylic acid groups (broad SMARTS) is 1. The predicted octanol–water partition coefficient (Wildman–Crippen LogP) is 4.36. The first-order chi connectivity index (χ1) is 9.90. The Bertz CT molecular complexity index is 731. The summed E-state index contributed by atoms with van der Waals surface area (Å²) in [6.45, 7) is 1.79. The van der Waals surface area contributed by atoms with Crippen LogP contribution in [-0.2, 0) is 0 Å². The molecule has 108 valence electrons. The number of hydrogen-bond donors (Lipinski definition) is 2. The number of carboxylic acids is 1. The van der Waals surface area contributed by atoms with Crippen LogP contribution in [0.2, 0.25) is 5.02 Å². The molecule has 4 nitrogen and oxygen atoms in total. The number of carbonyl (C=O) groups is 2. The van der Waals surface area contributed by atoms with Gasteiger partial charge in [0.1, 0.15) is 0 Å². The largest absolute Gasteiger partial charge is 0.478 e. The molecule has 2 aromatic carbocycles. The molecule has 0 aliphatic carbocycles. The summed E-state index contributed by atoms with van der Waals surface area (Å²) in [5.41, 5.74) is 1.42. The average Bonchev–Trinajstić information content (AvgIpc) is 2.43. The fourth-order valence-corrected chi connectivity index (χ4v) is 2.38. The molecular formula is C15H11BrClNO3. The molecule has 0 unspecified atom stereocenters.